The average molecular weight is 590 g/mol. The zero-order valence-corrected chi connectivity index (χ0v) is 24.0. The molecular weight excluding hydrogens is 554 g/mol. The van der Waals surface area contributed by atoms with Gasteiger partial charge in [-0.15, -0.1) is 0 Å². The molecule has 2 aromatic rings. The van der Waals surface area contributed by atoms with E-state index in [4.69, 9.17) is 10.5 Å². The van der Waals surface area contributed by atoms with E-state index >= 15 is 0 Å². The highest BCUT2D eigenvalue weighted by molar-refractivity contribution is 6.24. The Morgan fingerprint density at radius 2 is 1.84 bits per heavy atom. The largest absolute Gasteiger partial charge is 0.508 e. The highest BCUT2D eigenvalue weighted by atomic mass is 16.5. The van der Waals surface area contributed by atoms with E-state index < -0.39 is 58.0 Å². The minimum Gasteiger partial charge on any atom is -0.508 e. The number of ether oxygens (including phenoxy) is 1. The number of carbonyl (C=O) groups is 3. The van der Waals surface area contributed by atoms with Gasteiger partial charge in [-0.2, -0.15) is 0 Å². The van der Waals surface area contributed by atoms with Gasteiger partial charge in [0.25, 0.3) is 5.91 Å². The number of morpholine rings is 1. The molecule has 3 aliphatic carbocycles. The molecular formula is C32H35N3O8. The second kappa shape index (κ2) is 10.6. The van der Waals surface area contributed by atoms with Gasteiger partial charge < -0.3 is 30.9 Å². The second-order valence-electron chi connectivity index (χ2n) is 12.0. The Kier molecular flexibility index (Phi) is 7.16. The van der Waals surface area contributed by atoms with Crippen molar-refractivity contribution < 1.29 is 39.5 Å². The fraction of sp³-hybridized carbons (Fsp3) is 0.406. The summed E-state index contributed by atoms with van der Waals surface area (Å²) in [6.45, 7) is 3.80. The number of fused-ring (bicyclic) bond motifs is 3. The van der Waals surface area contributed by atoms with Crippen LogP contribution in [-0.4, -0.2) is 99.7 Å². The van der Waals surface area contributed by atoms with Crippen molar-refractivity contribution >= 4 is 23.2 Å². The van der Waals surface area contributed by atoms with Crippen LogP contribution in [0, 0.1) is 11.8 Å². The topological polar surface area (TPSA) is 174 Å². The zero-order chi connectivity index (χ0) is 30.8. The first-order valence-corrected chi connectivity index (χ1v) is 14.3. The molecule has 1 heterocycles. The van der Waals surface area contributed by atoms with Crippen LogP contribution in [-0.2, 0) is 32.1 Å². The van der Waals surface area contributed by atoms with Crippen molar-refractivity contribution in [2.24, 2.45) is 17.6 Å². The lowest BCUT2D eigenvalue weighted by Gasteiger charge is -2.50. The van der Waals surface area contributed by atoms with Crippen LogP contribution >= 0.6 is 0 Å². The third-order valence-electron chi connectivity index (χ3n) is 9.35. The third kappa shape index (κ3) is 4.46. The zero-order valence-electron chi connectivity index (χ0n) is 24.0. The summed E-state index contributed by atoms with van der Waals surface area (Å²) in [6, 6.07) is 10.1. The molecule has 1 saturated carbocycles. The summed E-state index contributed by atoms with van der Waals surface area (Å²) in [5.74, 6) is -6.66. The summed E-state index contributed by atoms with van der Waals surface area (Å²) < 4.78 is 5.46. The summed E-state index contributed by atoms with van der Waals surface area (Å²) in [5.41, 5.74) is 5.19. The molecule has 11 heteroatoms. The molecule has 0 unspecified atom stereocenters. The molecule has 1 aliphatic heterocycles. The molecule has 2 fully saturated rings. The molecule has 0 bridgehead atoms. The number of hydrogen-bond acceptors (Lipinski definition) is 10. The summed E-state index contributed by atoms with van der Waals surface area (Å²) in [7, 11) is 3.15. The Balaban J connectivity index is 1.46. The fourth-order valence-electron chi connectivity index (χ4n) is 7.37. The number of ketones is 2. The number of aromatic hydroxyl groups is 1. The smallest absolute Gasteiger partial charge is 0.255 e. The summed E-state index contributed by atoms with van der Waals surface area (Å²) in [4.78, 5) is 43.3. The maximum atomic E-state index is 14.1. The van der Waals surface area contributed by atoms with E-state index in [9.17, 15) is 34.8 Å². The van der Waals surface area contributed by atoms with Crippen molar-refractivity contribution in [1.29, 1.82) is 0 Å². The first-order valence-electron chi connectivity index (χ1n) is 14.3. The molecule has 1 amide bonds. The number of likely N-dealkylation sites (N-methyl/N-ethyl adjacent to an activating group) is 1. The molecule has 4 atom stereocenters. The predicted molar refractivity (Wildman–Crippen MR) is 156 cm³/mol. The van der Waals surface area contributed by atoms with E-state index in [1.54, 1.807) is 20.2 Å². The highest BCUT2D eigenvalue weighted by Gasteiger charge is 2.64. The van der Waals surface area contributed by atoms with E-state index in [0.717, 1.165) is 36.3 Å². The minimum atomic E-state index is -2.66. The molecule has 6 N–H and O–H groups in total. The number of nitrogens with zero attached hydrogens (tertiary/aromatic N) is 2. The molecule has 11 nitrogen and oxygen atoms in total. The first kappa shape index (κ1) is 29.1. The SMILES string of the molecule is CN(C)[C@@H]1C(=O)C(C(N)=O)=C(O)[C@@]2(O)C(=O)C3=C(O)c4c(O)ccc(-c5cccc(CN6CCOCC6)c5)c4C[C@H]3C[C@@H]12. The number of Topliss-reactive ketones (excluding diaryl/α,β-unsaturated/α-hetero) is 2. The standard InChI is InChI=1S/C32H35N3O8/c1-34(2)26-21-14-18-13-20-19(17-5-3-4-16(12-17)15-35-8-10-43-11-9-35)6-7-22(36)24(20)27(37)23(18)29(39)32(21,42)30(40)25(28(26)38)31(33)41/h3-7,12,18,21,26,36-37,40,42H,8-11,13-15H2,1-2H3,(H2,33,41)/t18-,21-,26-,32-/m0/s1. The lowest BCUT2D eigenvalue weighted by atomic mass is 9.57. The Hall–Kier alpha value is -4.03. The minimum absolute atomic E-state index is 0.0396. The second-order valence-corrected chi connectivity index (χ2v) is 12.0. The van der Waals surface area contributed by atoms with Gasteiger partial charge in [0.1, 0.15) is 22.8 Å². The maximum absolute atomic E-state index is 14.1. The number of carbonyl (C=O) groups excluding carboxylic acids is 3. The van der Waals surface area contributed by atoms with Crippen molar-refractivity contribution in [1.82, 2.24) is 9.80 Å². The molecule has 1 saturated heterocycles. The summed E-state index contributed by atoms with van der Waals surface area (Å²) in [5, 5.41) is 45.2. The highest BCUT2D eigenvalue weighted by Crippen LogP contribution is 2.53. The lowest BCUT2D eigenvalue weighted by Crippen LogP contribution is -2.65. The average Bonchev–Trinajstić information content (AvgIpc) is 2.95. The van der Waals surface area contributed by atoms with Gasteiger partial charge in [-0.25, -0.2) is 0 Å². The maximum Gasteiger partial charge on any atom is 0.255 e. The van der Waals surface area contributed by atoms with E-state index in [1.807, 2.05) is 18.2 Å². The number of aliphatic hydroxyl groups excluding tert-OH is 2. The molecule has 43 heavy (non-hydrogen) atoms. The van der Waals surface area contributed by atoms with Crippen LogP contribution in [0.5, 0.6) is 5.75 Å². The van der Waals surface area contributed by atoms with E-state index in [0.29, 0.717) is 18.8 Å². The van der Waals surface area contributed by atoms with E-state index in [1.165, 1.54) is 11.0 Å². The normalized spacial score (nSPS) is 27.7. The van der Waals surface area contributed by atoms with Gasteiger partial charge in [-0.1, -0.05) is 24.3 Å². The van der Waals surface area contributed by atoms with Crippen molar-refractivity contribution in [3.63, 3.8) is 0 Å². The van der Waals surface area contributed by atoms with Crippen molar-refractivity contribution in [3.8, 4) is 16.9 Å². The van der Waals surface area contributed by atoms with Crippen LogP contribution in [0.3, 0.4) is 0 Å². The quantitative estimate of drug-likeness (QED) is 0.321. The van der Waals surface area contributed by atoms with Gasteiger partial charge in [-0.3, -0.25) is 24.2 Å². The van der Waals surface area contributed by atoms with Gasteiger partial charge in [0.2, 0.25) is 5.78 Å². The number of amides is 1. The Morgan fingerprint density at radius 1 is 1.12 bits per heavy atom. The number of phenolic OH excluding ortho intramolecular Hbond substituents is 1. The summed E-state index contributed by atoms with van der Waals surface area (Å²) in [6.07, 6.45) is 0.268. The summed E-state index contributed by atoms with van der Waals surface area (Å²) >= 11 is 0. The van der Waals surface area contributed by atoms with Crippen LogP contribution in [0.15, 0.2) is 53.3 Å². The monoisotopic (exact) mass is 589 g/mol. The number of nitrogens with two attached hydrogens (primary N) is 1. The number of hydrogen-bond donors (Lipinski definition) is 5. The lowest BCUT2D eigenvalue weighted by molar-refractivity contribution is -0.153. The van der Waals surface area contributed by atoms with Crippen LogP contribution in [0.1, 0.15) is 23.1 Å². The van der Waals surface area contributed by atoms with Crippen LogP contribution in [0.25, 0.3) is 16.9 Å². The number of aliphatic hydroxyl groups is 3. The number of primary amides is 1. The third-order valence-corrected chi connectivity index (χ3v) is 9.35. The van der Waals surface area contributed by atoms with E-state index in [2.05, 4.69) is 11.0 Å². The van der Waals surface area contributed by atoms with Gasteiger partial charge in [0.15, 0.2) is 11.4 Å². The van der Waals surface area contributed by atoms with Crippen LogP contribution < -0.4 is 5.73 Å². The van der Waals surface area contributed by atoms with Gasteiger partial charge >= 0.3 is 0 Å². The van der Waals surface area contributed by atoms with Crippen LogP contribution in [0.2, 0.25) is 0 Å². The Labute approximate surface area is 248 Å². The fourth-order valence-corrected chi connectivity index (χ4v) is 7.37. The van der Waals surface area contributed by atoms with Crippen molar-refractivity contribution in [2.45, 2.75) is 31.0 Å². The molecule has 6 rings (SSSR count). The number of benzene rings is 2. The van der Waals surface area contributed by atoms with Crippen molar-refractivity contribution in [3.05, 3.63) is 70.0 Å². The number of rotatable bonds is 5. The van der Waals surface area contributed by atoms with Crippen molar-refractivity contribution in [2.75, 3.05) is 40.4 Å². The first-order chi connectivity index (χ1) is 20.4. The predicted octanol–water partition coefficient (Wildman–Crippen LogP) is 1.46. The molecule has 226 valence electrons. The molecule has 4 aliphatic rings. The molecule has 0 radical (unpaired) electrons. The molecule has 2 aromatic carbocycles. The Bertz CT molecular complexity index is 1610. The Morgan fingerprint density at radius 3 is 2.51 bits per heavy atom. The molecule has 0 spiro atoms. The van der Waals surface area contributed by atoms with Gasteiger partial charge in [0, 0.05) is 31.1 Å². The number of phenols is 1. The molecule has 0 aromatic heterocycles. The van der Waals surface area contributed by atoms with E-state index in [-0.39, 0.29) is 29.7 Å². The van der Waals surface area contributed by atoms with Gasteiger partial charge in [0.05, 0.1) is 24.8 Å². The van der Waals surface area contributed by atoms with Crippen LogP contribution in [0.4, 0.5) is 0 Å². The van der Waals surface area contributed by atoms with Gasteiger partial charge in [-0.05, 0) is 67.2 Å².